The summed E-state index contributed by atoms with van der Waals surface area (Å²) < 4.78 is 51.1. The van der Waals surface area contributed by atoms with Gasteiger partial charge in [-0.1, -0.05) is 40.2 Å². The Bertz CT molecular complexity index is 775. The molecule has 3 nitrogen and oxygen atoms in total. The fourth-order valence-corrected chi connectivity index (χ4v) is 4.20. The number of thioether (sulfide) groups is 1. The van der Waals surface area contributed by atoms with Crippen molar-refractivity contribution in [1.82, 2.24) is 0 Å². The van der Waals surface area contributed by atoms with Gasteiger partial charge < -0.3 is 9.79 Å². The maximum atomic E-state index is 13.7. The number of alkyl halides is 2. The number of hydrogen-bond donors (Lipinski definition) is 2. The normalized spacial score (nSPS) is 11.5. The van der Waals surface area contributed by atoms with E-state index in [1.165, 1.54) is 36.0 Å². The topological polar surface area (TPSA) is 57.5 Å². The number of hydrogen-bond acceptors (Lipinski definition) is 2. The molecule has 0 saturated heterocycles. The van der Waals surface area contributed by atoms with Crippen LogP contribution in [0.5, 0.6) is 0 Å². The predicted octanol–water partition coefficient (Wildman–Crippen LogP) is 3.95. The van der Waals surface area contributed by atoms with Crippen molar-refractivity contribution in [2.75, 3.05) is 0 Å². The van der Waals surface area contributed by atoms with Crippen LogP contribution in [-0.4, -0.2) is 68.9 Å². The van der Waals surface area contributed by atoms with E-state index in [0.717, 1.165) is 17.2 Å². The summed E-state index contributed by atoms with van der Waals surface area (Å²) in [7, 11) is -5.60. The molecule has 2 N–H and O–H groups in total. The van der Waals surface area contributed by atoms with Gasteiger partial charge >= 0.3 is 72.4 Å². The van der Waals surface area contributed by atoms with E-state index in [9.17, 15) is 17.7 Å². The zero-order valence-corrected chi connectivity index (χ0v) is 15.4. The Balaban J connectivity index is 0.00000312. The van der Waals surface area contributed by atoms with Gasteiger partial charge in [0, 0.05) is 21.5 Å². The quantitative estimate of drug-likeness (QED) is 0.477. The zero-order valence-electron chi connectivity index (χ0n) is 12.1. The van der Waals surface area contributed by atoms with Gasteiger partial charge in [-0.25, -0.2) is 4.39 Å². The van der Waals surface area contributed by atoms with Gasteiger partial charge in [0.25, 0.3) is 0 Å². The third-order valence-corrected chi connectivity index (χ3v) is 5.88. The first kappa shape index (κ1) is 27.2. The van der Waals surface area contributed by atoms with Crippen LogP contribution >= 0.6 is 35.3 Å². The minimum atomic E-state index is -5.60. The molecule has 0 spiro atoms. The molecule has 0 aromatic heterocycles. The van der Waals surface area contributed by atoms with Crippen molar-refractivity contribution in [2.24, 2.45) is 0 Å². The van der Waals surface area contributed by atoms with Gasteiger partial charge in [0.05, 0.1) is 0 Å². The molecule has 0 aliphatic heterocycles. The summed E-state index contributed by atoms with van der Waals surface area (Å²) in [4.78, 5) is 17.6. The van der Waals surface area contributed by atoms with Crippen LogP contribution in [0, 0.1) is 5.82 Å². The second kappa shape index (κ2) is 11.4. The van der Waals surface area contributed by atoms with Gasteiger partial charge in [0.1, 0.15) is 5.82 Å². The second-order valence-electron chi connectivity index (χ2n) is 5.02. The molecule has 0 radical (unpaired) electrons. The standard InChI is InChI=1S/C15H13BrF3O3PS.2Na.2H/c16-14-7-11(3-6-13(14)15(18,19)23(20,21)22)9-24-8-10-1-4-12(17)5-2-10;;;;/h1-7H,8-9H2,(H2,20,21,22);;;;. The molecular weight excluding hydrogens is 474 g/mol. The van der Waals surface area contributed by atoms with Gasteiger partial charge in [0.2, 0.25) is 0 Å². The number of benzene rings is 2. The molecule has 2 aromatic carbocycles. The van der Waals surface area contributed by atoms with Gasteiger partial charge in [-0.15, -0.1) is 0 Å². The van der Waals surface area contributed by atoms with Crippen molar-refractivity contribution < 1.29 is 27.5 Å². The third kappa shape index (κ3) is 7.23. The van der Waals surface area contributed by atoms with E-state index in [1.54, 1.807) is 12.1 Å². The first-order chi connectivity index (χ1) is 11.1. The Morgan fingerprint density at radius 3 is 2.00 bits per heavy atom. The Morgan fingerprint density at radius 2 is 1.50 bits per heavy atom. The summed E-state index contributed by atoms with van der Waals surface area (Å²) in [5, 5.41) is 0. The van der Waals surface area contributed by atoms with Gasteiger partial charge in [-0.3, -0.25) is 4.57 Å². The summed E-state index contributed by atoms with van der Waals surface area (Å²) in [6, 6.07) is 9.90. The van der Waals surface area contributed by atoms with Crippen LogP contribution in [0.2, 0.25) is 0 Å². The van der Waals surface area contributed by atoms with Crippen molar-refractivity contribution in [2.45, 2.75) is 17.2 Å². The molecule has 0 unspecified atom stereocenters. The number of halogens is 4. The molecule has 0 atom stereocenters. The van der Waals surface area contributed by atoms with Crippen LogP contribution in [0.1, 0.15) is 16.7 Å². The Hall–Kier alpha value is 1.21. The SMILES string of the molecule is O=P(O)(O)C(F)(F)c1ccc(CSCc2ccc(F)cc2)cc1Br.[NaH].[NaH]. The van der Waals surface area contributed by atoms with E-state index in [4.69, 9.17) is 9.79 Å². The van der Waals surface area contributed by atoms with Crippen LogP contribution in [0.4, 0.5) is 13.2 Å². The van der Waals surface area contributed by atoms with Crippen molar-refractivity contribution >= 4 is 94.4 Å². The fraction of sp³-hybridized carbons (Fsp3) is 0.200. The van der Waals surface area contributed by atoms with Gasteiger partial charge in [-0.2, -0.15) is 20.5 Å². The molecule has 11 heteroatoms. The van der Waals surface area contributed by atoms with Crippen LogP contribution in [0.25, 0.3) is 0 Å². The van der Waals surface area contributed by atoms with Crippen LogP contribution in [0.15, 0.2) is 46.9 Å². The molecule has 2 aromatic rings. The minimum absolute atomic E-state index is 0. The first-order valence-electron chi connectivity index (χ1n) is 6.66. The Kier molecular flexibility index (Phi) is 11.9. The number of rotatable bonds is 6. The van der Waals surface area contributed by atoms with Crippen molar-refractivity contribution in [1.29, 1.82) is 0 Å². The van der Waals surface area contributed by atoms with Crippen LogP contribution in [-0.2, 0) is 21.7 Å². The molecule has 26 heavy (non-hydrogen) atoms. The molecule has 134 valence electrons. The summed E-state index contributed by atoms with van der Waals surface area (Å²) in [6.07, 6.45) is 0. The van der Waals surface area contributed by atoms with E-state index in [2.05, 4.69) is 15.9 Å². The molecule has 0 bridgehead atoms. The summed E-state index contributed by atoms with van der Waals surface area (Å²) in [5.74, 6) is 0.824. The van der Waals surface area contributed by atoms with Crippen molar-refractivity contribution in [3.05, 3.63) is 69.4 Å². The van der Waals surface area contributed by atoms with Crippen LogP contribution < -0.4 is 0 Å². The molecule has 0 amide bonds. The van der Waals surface area contributed by atoms with E-state index in [1.807, 2.05) is 0 Å². The van der Waals surface area contributed by atoms with Gasteiger partial charge in [0.15, 0.2) is 0 Å². The van der Waals surface area contributed by atoms with Crippen molar-refractivity contribution in [3.8, 4) is 0 Å². The average molecular weight is 489 g/mol. The summed E-state index contributed by atoms with van der Waals surface area (Å²) >= 11 is 4.45. The maximum absolute atomic E-state index is 13.7. The molecule has 0 saturated carbocycles. The summed E-state index contributed by atoms with van der Waals surface area (Å²) in [6.45, 7) is 0. The van der Waals surface area contributed by atoms with Gasteiger partial charge in [-0.05, 0) is 29.3 Å². The molecule has 0 fully saturated rings. The average Bonchev–Trinajstić information content (AvgIpc) is 2.48. The second-order valence-corrected chi connectivity index (χ2v) is 8.51. The van der Waals surface area contributed by atoms with E-state index >= 15 is 0 Å². The van der Waals surface area contributed by atoms with E-state index in [0.29, 0.717) is 11.5 Å². The Labute approximate surface area is 206 Å². The third-order valence-electron chi connectivity index (χ3n) is 3.17. The van der Waals surface area contributed by atoms with Crippen molar-refractivity contribution in [3.63, 3.8) is 0 Å². The van der Waals surface area contributed by atoms with Crippen LogP contribution in [0.3, 0.4) is 0 Å². The summed E-state index contributed by atoms with van der Waals surface area (Å²) in [5.41, 5.74) is -3.33. The molecule has 0 aliphatic rings. The zero-order chi connectivity index (χ0) is 18.0. The fourth-order valence-electron chi connectivity index (χ4n) is 1.92. The molecule has 0 heterocycles. The van der Waals surface area contributed by atoms with E-state index in [-0.39, 0.29) is 69.4 Å². The molecule has 0 aliphatic carbocycles. The first-order valence-corrected chi connectivity index (χ1v) is 10.2. The van der Waals surface area contributed by atoms with E-state index < -0.39 is 18.8 Å². The predicted molar refractivity (Wildman–Crippen MR) is 106 cm³/mol. The molecule has 2 rings (SSSR count). The molecular formula is C15H15BrF3Na2O3PS. The monoisotopic (exact) mass is 488 g/mol. The Morgan fingerprint density at radius 1 is 1.00 bits per heavy atom.